The van der Waals surface area contributed by atoms with Gasteiger partial charge in [-0.1, -0.05) is 133 Å². The van der Waals surface area contributed by atoms with Gasteiger partial charge in [-0.15, -0.1) is 0 Å². The highest BCUT2D eigenvalue weighted by Gasteiger charge is 2.51. The van der Waals surface area contributed by atoms with Crippen LogP contribution in [0.4, 0.5) is 105 Å². The van der Waals surface area contributed by atoms with E-state index in [2.05, 4.69) is 140 Å². The highest BCUT2D eigenvalue weighted by molar-refractivity contribution is 7.99. The molecule has 90 heavy (non-hydrogen) atoms. The zero-order valence-corrected chi connectivity index (χ0v) is 46.4. The number of hydrogen-bond donors (Lipinski definition) is 0. The van der Waals surface area contributed by atoms with Crippen LogP contribution >= 0.6 is 19.3 Å². The van der Waals surface area contributed by atoms with Gasteiger partial charge in [-0.3, -0.25) is 0 Å². The molecule has 0 atom stereocenters. The molecule has 0 radical (unpaired) electrons. The molecule has 9 rings (SSSR count). The summed E-state index contributed by atoms with van der Waals surface area (Å²) in [6.45, 7) is 0. The molecule has 28 heteroatoms. The number of rotatable bonds is 11. The summed E-state index contributed by atoms with van der Waals surface area (Å²) in [6, 6.07) is 42.0. The lowest BCUT2D eigenvalue weighted by molar-refractivity contribution is -0.144. The predicted octanol–water partition coefficient (Wildman–Crippen LogP) is 18.3. The van der Waals surface area contributed by atoms with Gasteiger partial charge in [-0.2, -0.15) is 127 Å². The van der Waals surface area contributed by atoms with E-state index in [0.717, 1.165) is 5.75 Å². The monoisotopic (exact) mass is 1330 g/mol. The second-order valence-corrected chi connectivity index (χ2v) is 23.9. The van der Waals surface area contributed by atoms with Crippen molar-refractivity contribution in [1.29, 1.82) is 0 Å². The van der Waals surface area contributed by atoms with Crippen molar-refractivity contribution in [2.75, 3.05) is 0 Å². The molecule has 0 bridgehead atoms. The molecule has 0 aromatic heterocycles. The lowest BCUT2D eigenvalue weighted by Crippen LogP contribution is -2.75. The SMILES string of the molecule is FC(F)(F)c1cc([B-](c2cc(C(F)(F)F)cc(C(F)(F)F)c2)(c2cc(C(F)(F)F)cc(C(F)(F)F)c2)c2cc(C(F)(F)F)cc(C(F)(F)F)c2)cc(C(F)(F)F)c1.c1ccc(Sc2ccc(O[P+](c3ccccc3)(c3ccccc3)c3ccccc3)cc2)cc1. The van der Waals surface area contributed by atoms with Gasteiger partial charge >= 0.3 is 49.4 Å². The summed E-state index contributed by atoms with van der Waals surface area (Å²) in [6.07, 6.45) is -54.8. The van der Waals surface area contributed by atoms with Crippen molar-refractivity contribution in [2.24, 2.45) is 0 Å². The second kappa shape index (κ2) is 25.0. The number of halogens is 24. The molecule has 0 unspecified atom stereocenters. The molecule has 472 valence electrons. The van der Waals surface area contributed by atoms with Gasteiger partial charge in [0.25, 0.3) is 7.49 Å². The van der Waals surface area contributed by atoms with Gasteiger partial charge in [-0.05, 0) is 97.1 Å². The third-order valence-electron chi connectivity index (χ3n) is 13.8. The first-order chi connectivity index (χ1) is 41.6. The molecule has 0 amide bonds. The van der Waals surface area contributed by atoms with Crippen molar-refractivity contribution in [3.63, 3.8) is 0 Å². The van der Waals surface area contributed by atoms with E-state index in [0.29, 0.717) is 0 Å². The Kier molecular flexibility index (Phi) is 18.8. The zero-order chi connectivity index (χ0) is 66.3. The van der Waals surface area contributed by atoms with Crippen molar-refractivity contribution in [2.45, 2.75) is 59.2 Å². The molecule has 0 fully saturated rings. The fourth-order valence-electron chi connectivity index (χ4n) is 9.94. The van der Waals surface area contributed by atoms with Crippen LogP contribution in [0.25, 0.3) is 0 Å². The molecule has 9 aromatic carbocycles. The Morgan fingerprint density at radius 2 is 0.444 bits per heavy atom. The topological polar surface area (TPSA) is 9.23 Å². The maximum atomic E-state index is 14.2. The first kappa shape index (κ1) is 67.9. The Bertz CT molecular complexity index is 3400. The molecule has 0 saturated heterocycles. The first-order valence-electron chi connectivity index (χ1n) is 25.5. The first-order valence-corrected chi connectivity index (χ1v) is 28.1. The minimum atomic E-state index is -6.13. The molecule has 0 aliphatic carbocycles. The van der Waals surface area contributed by atoms with Crippen LogP contribution in [0.5, 0.6) is 5.75 Å². The smallest absolute Gasteiger partial charge is 0.334 e. The van der Waals surface area contributed by atoms with E-state index < -0.39 is 202 Å². The summed E-state index contributed by atoms with van der Waals surface area (Å²) in [4.78, 5) is 2.42. The summed E-state index contributed by atoms with van der Waals surface area (Å²) in [5.41, 5.74) is -30.2. The highest BCUT2D eigenvalue weighted by atomic mass is 32.2. The number of alkyl halides is 24. The Morgan fingerprint density at radius 1 is 0.244 bits per heavy atom. The molecule has 0 aliphatic heterocycles. The highest BCUT2D eigenvalue weighted by Crippen LogP contribution is 2.56. The van der Waals surface area contributed by atoms with Crippen LogP contribution in [0, 0.1) is 0 Å². The van der Waals surface area contributed by atoms with E-state index in [1.54, 1.807) is 11.8 Å². The van der Waals surface area contributed by atoms with Crippen LogP contribution in [-0.2, 0) is 49.4 Å². The molecule has 0 heterocycles. The summed E-state index contributed by atoms with van der Waals surface area (Å²) < 4.78 is 348. The van der Waals surface area contributed by atoms with Crippen LogP contribution in [0.3, 0.4) is 0 Å². The van der Waals surface area contributed by atoms with Gasteiger partial charge in [0.2, 0.25) is 0 Å². The average molecular weight is 1330 g/mol. The standard InChI is InChI=1S/C32H12BF24.C30H24OPS/c34-25(35,36)13-1-14(26(37,38)39)6-21(5-13)33(22-7-15(27(40,41)42)2-16(8-22)28(43,44)45,23-9-17(29(46,47)48)3-18(10-23)30(49,50)51)24-11-19(31(52,53)54)4-20(12-24)32(55,56)57;1-5-13-26(14-6-1)32(27-15-7-2-8-16-27,28-17-9-3-10-18-28)31-25-21-23-30(24-22-25)33-29-19-11-4-12-20-29/h1-12H;1-24H/q-1;+1. The van der Waals surface area contributed by atoms with Crippen molar-refractivity contribution >= 4 is 63.2 Å². The van der Waals surface area contributed by atoms with E-state index in [4.69, 9.17) is 4.52 Å². The van der Waals surface area contributed by atoms with Crippen molar-refractivity contribution in [3.05, 3.63) is 263 Å². The third-order valence-corrected chi connectivity index (χ3v) is 18.4. The van der Waals surface area contributed by atoms with Gasteiger partial charge < -0.3 is 4.52 Å². The van der Waals surface area contributed by atoms with Gasteiger partial charge in [0.15, 0.2) is 5.75 Å². The third kappa shape index (κ3) is 15.2. The van der Waals surface area contributed by atoms with Crippen molar-refractivity contribution in [1.82, 2.24) is 0 Å². The molecule has 0 N–H and O–H groups in total. The quantitative estimate of drug-likeness (QED) is 0.0725. The Hall–Kier alpha value is -8.06. The molecule has 0 aliphatic rings. The normalized spacial score (nSPS) is 13.2. The Labute approximate surface area is 499 Å². The molecular weight excluding hydrogens is 1290 g/mol. The zero-order valence-electron chi connectivity index (χ0n) is 44.7. The maximum absolute atomic E-state index is 14.2. The van der Waals surface area contributed by atoms with E-state index in [9.17, 15) is 105 Å². The molecule has 0 spiro atoms. The number of benzene rings is 9. The second-order valence-electron chi connectivity index (χ2n) is 19.8. The van der Waals surface area contributed by atoms with Crippen molar-refractivity contribution in [3.8, 4) is 5.75 Å². The molecule has 0 saturated carbocycles. The summed E-state index contributed by atoms with van der Waals surface area (Å²) in [7, 11) is -2.36. The van der Waals surface area contributed by atoms with Crippen LogP contribution < -0.4 is 42.3 Å². The van der Waals surface area contributed by atoms with Gasteiger partial charge in [-0.25, -0.2) is 0 Å². The fourth-order valence-corrected chi connectivity index (χ4v) is 14.2. The largest absolute Gasteiger partial charge is 0.416 e. The van der Waals surface area contributed by atoms with Gasteiger partial charge in [0.1, 0.15) is 22.1 Å². The molecule has 9 aromatic rings. The predicted molar refractivity (Wildman–Crippen MR) is 293 cm³/mol. The molecule has 1 nitrogen and oxygen atoms in total. The van der Waals surface area contributed by atoms with Crippen LogP contribution in [0.1, 0.15) is 44.5 Å². The van der Waals surface area contributed by atoms with Gasteiger partial charge in [0.05, 0.1) is 44.5 Å². The minimum absolute atomic E-state index is 0.691. The molecular formula is C62H36BF24OPS. The fraction of sp³-hybridized carbons (Fsp3) is 0.129. The summed E-state index contributed by atoms with van der Waals surface area (Å²) >= 11 is 1.76. The lowest BCUT2D eigenvalue weighted by Gasteiger charge is -2.46. The minimum Gasteiger partial charge on any atom is -0.334 e. The van der Waals surface area contributed by atoms with Gasteiger partial charge in [0, 0.05) is 9.79 Å². The van der Waals surface area contributed by atoms with Crippen LogP contribution in [0.15, 0.2) is 228 Å². The van der Waals surface area contributed by atoms with E-state index in [1.165, 1.54) is 25.7 Å². The summed E-state index contributed by atoms with van der Waals surface area (Å²) in [5.74, 6) is 0.873. The van der Waals surface area contributed by atoms with E-state index in [-0.39, 0.29) is 0 Å². The lowest BCUT2D eigenvalue weighted by atomic mass is 9.12. The number of hydrogen-bond acceptors (Lipinski definition) is 2. The van der Waals surface area contributed by atoms with Crippen LogP contribution in [0.2, 0.25) is 0 Å². The Balaban J connectivity index is 0.000000266. The Morgan fingerprint density at radius 3 is 0.656 bits per heavy atom. The summed E-state index contributed by atoms with van der Waals surface area (Å²) in [5, 5.41) is 3.60. The van der Waals surface area contributed by atoms with Crippen LogP contribution in [-0.4, -0.2) is 6.15 Å². The van der Waals surface area contributed by atoms with Crippen molar-refractivity contribution < 1.29 is 110 Å². The average Bonchev–Trinajstić information content (AvgIpc) is 0.712. The van der Waals surface area contributed by atoms with E-state index >= 15 is 0 Å². The van der Waals surface area contributed by atoms with E-state index in [1.807, 2.05) is 6.07 Å². The maximum Gasteiger partial charge on any atom is 0.416 e.